The minimum absolute atomic E-state index is 0.738. The molecule has 0 spiro atoms. The number of aromatic nitrogens is 2. The molecule has 0 amide bonds. The third-order valence-corrected chi connectivity index (χ3v) is 4.03. The van der Waals surface area contributed by atoms with Crippen molar-refractivity contribution in [2.45, 2.75) is 53.4 Å². The molecule has 0 bridgehead atoms. The summed E-state index contributed by atoms with van der Waals surface area (Å²) in [4.78, 5) is 9.32. The second-order valence-electron chi connectivity index (χ2n) is 5.94. The Hall–Kier alpha value is -1.32. The van der Waals surface area contributed by atoms with Gasteiger partial charge in [0.1, 0.15) is 17.5 Å². The summed E-state index contributed by atoms with van der Waals surface area (Å²) < 4.78 is 0. The van der Waals surface area contributed by atoms with Crippen LogP contribution in [0.5, 0.6) is 0 Å². The smallest absolute Gasteiger partial charge is 0.134 e. The highest BCUT2D eigenvalue weighted by Gasteiger charge is 2.27. The molecule has 1 aromatic heterocycles. The Balaban J connectivity index is 2.11. The molecule has 2 rings (SSSR count). The zero-order valence-corrected chi connectivity index (χ0v) is 13.3. The van der Waals surface area contributed by atoms with Crippen molar-refractivity contribution >= 4 is 11.6 Å². The van der Waals surface area contributed by atoms with E-state index in [2.05, 4.69) is 43.3 Å². The summed E-state index contributed by atoms with van der Waals surface area (Å²) >= 11 is 0. The van der Waals surface area contributed by atoms with Gasteiger partial charge < -0.3 is 10.6 Å². The molecular weight excluding hydrogens is 248 g/mol. The zero-order valence-electron chi connectivity index (χ0n) is 13.3. The Morgan fingerprint density at radius 1 is 1.15 bits per heavy atom. The summed E-state index contributed by atoms with van der Waals surface area (Å²) in [5.41, 5.74) is 1.13. The van der Waals surface area contributed by atoms with E-state index >= 15 is 0 Å². The van der Waals surface area contributed by atoms with E-state index in [1.807, 2.05) is 0 Å². The molecule has 0 saturated heterocycles. The van der Waals surface area contributed by atoms with E-state index in [0.29, 0.717) is 0 Å². The fraction of sp³-hybridized carbons (Fsp3) is 0.750. The molecule has 2 N–H and O–H groups in total. The summed E-state index contributed by atoms with van der Waals surface area (Å²) in [6.45, 7) is 10.6. The average molecular weight is 276 g/mol. The average Bonchev–Trinajstić information content (AvgIpc) is 3.25. The first-order valence-corrected chi connectivity index (χ1v) is 8.00. The number of rotatable bonds is 8. The number of hydrogen-bond acceptors (Lipinski definition) is 4. The van der Waals surface area contributed by atoms with E-state index in [1.165, 1.54) is 12.8 Å². The molecule has 1 fully saturated rings. The molecule has 1 saturated carbocycles. The van der Waals surface area contributed by atoms with Crippen LogP contribution >= 0.6 is 0 Å². The predicted molar refractivity (Wildman–Crippen MR) is 85.3 cm³/mol. The van der Waals surface area contributed by atoms with Gasteiger partial charge >= 0.3 is 0 Å². The van der Waals surface area contributed by atoms with Crippen LogP contribution in [0.4, 0.5) is 11.6 Å². The first kappa shape index (κ1) is 15.1. The summed E-state index contributed by atoms with van der Waals surface area (Å²) in [5.74, 6) is 4.59. The quantitative estimate of drug-likeness (QED) is 0.761. The standard InChI is InChI=1S/C16H28N4/c1-5-7-14-19-15(17-6-2)12(4)16(20-14)18-10-11(3)13-8-9-13/h11,13H,5-10H2,1-4H3,(H2,17,18,19,20). The Labute approximate surface area is 122 Å². The van der Waals surface area contributed by atoms with Gasteiger partial charge in [0.05, 0.1) is 0 Å². The minimum atomic E-state index is 0.738. The normalized spacial score (nSPS) is 16.0. The second kappa shape index (κ2) is 6.91. The van der Waals surface area contributed by atoms with Gasteiger partial charge in [-0.25, -0.2) is 9.97 Å². The van der Waals surface area contributed by atoms with Crippen molar-refractivity contribution in [3.8, 4) is 0 Å². The van der Waals surface area contributed by atoms with E-state index in [0.717, 1.165) is 60.8 Å². The number of hydrogen-bond donors (Lipinski definition) is 2. The zero-order chi connectivity index (χ0) is 14.5. The van der Waals surface area contributed by atoms with Gasteiger partial charge in [-0.15, -0.1) is 0 Å². The Kier molecular flexibility index (Phi) is 5.21. The summed E-state index contributed by atoms with van der Waals surface area (Å²) in [5, 5.41) is 6.89. The van der Waals surface area contributed by atoms with Crippen LogP contribution in [-0.4, -0.2) is 23.1 Å². The lowest BCUT2D eigenvalue weighted by Gasteiger charge is -2.17. The van der Waals surface area contributed by atoms with Crippen LogP contribution in [0.25, 0.3) is 0 Å². The Bertz CT molecular complexity index is 440. The highest BCUT2D eigenvalue weighted by molar-refractivity contribution is 5.57. The topological polar surface area (TPSA) is 49.8 Å². The molecule has 0 aliphatic heterocycles. The molecule has 4 nitrogen and oxygen atoms in total. The van der Waals surface area contributed by atoms with Crippen LogP contribution in [0.1, 0.15) is 51.4 Å². The lowest BCUT2D eigenvalue weighted by atomic mass is 10.1. The molecule has 1 atom stereocenters. The molecule has 0 aromatic carbocycles. The maximum Gasteiger partial charge on any atom is 0.134 e. The van der Waals surface area contributed by atoms with Crippen molar-refractivity contribution in [2.75, 3.05) is 23.7 Å². The van der Waals surface area contributed by atoms with Gasteiger partial charge in [0.25, 0.3) is 0 Å². The van der Waals surface area contributed by atoms with E-state index < -0.39 is 0 Å². The van der Waals surface area contributed by atoms with Gasteiger partial charge in [0.2, 0.25) is 0 Å². The second-order valence-corrected chi connectivity index (χ2v) is 5.94. The molecule has 1 aliphatic carbocycles. The van der Waals surface area contributed by atoms with E-state index in [4.69, 9.17) is 4.98 Å². The SMILES string of the molecule is CCCc1nc(NCC)c(C)c(NCC(C)C2CC2)n1. The van der Waals surface area contributed by atoms with Crippen molar-refractivity contribution < 1.29 is 0 Å². The highest BCUT2D eigenvalue weighted by atomic mass is 15.1. The molecular formula is C16H28N4. The van der Waals surface area contributed by atoms with Crippen molar-refractivity contribution in [2.24, 2.45) is 11.8 Å². The first-order valence-electron chi connectivity index (χ1n) is 8.00. The number of aryl methyl sites for hydroxylation is 1. The van der Waals surface area contributed by atoms with Crippen molar-refractivity contribution in [3.63, 3.8) is 0 Å². The van der Waals surface area contributed by atoms with Crippen molar-refractivity contribution in [1.29, 1.82) is 0 Å². The fourth-order valence-corrected chi connectivity index (χ4v) is 2.50. The number of nitrogens with one attached hydrogen (secondary N) is 2. The van der Waals surface area contributed by atoms with Gasteiger partial charge in [-0.05, 0) is 44.9 Å². The highest BCUT2D eigenvalue weighted by Crippen LogP contribution is 2.36. The van der Waals surface area contributed by atoms with Crippen LogP contribution in [0.2, 0.25) is 0 Å². The molecule has 1 aromatic rings. The first-order chi connectivity index (χ1) is 9.65. The van der Waals surface area contributed by atoms with Gasteiger partial charge in [0.15, 0.2) is 0 Å². The van der Waals surface area contributed by atoms with Gasteiger partial charge in [0, 0.05) is 25.1 Å². The van der Waals surface area contributed by atoms with Crippen molar-refractivity contribution in [1.82, 2.24) is 9.97 Å². The molecule has 1 aliphatic rings. The van der Waals surface area contributed by atoms with Crippen LogP contribution in [0.3, 0.4) is 0 Å². The monoisotopic (exact) mass is 276 g/mol. The lowest BCUT2D eigenvalue weighted by molar-refractivity contribution is 0.535. The molecule has 0 radical (unpaired) electrons. The molecule has 4 heteroatoms. The summed E-state index contributed by atoms with van der Waals surface area (Å²) in [6.07, 6.45) is 4.81. The van der Waals surface area contributed by atoms with Crippen LogP contribution in [-0.2, 0) is 6.42 Å². The Morgan fingerprint density at radius 2 is 1.80 bits per heavy atom. The fourth-order valence-electron chi connectivity index (χ4n) is 2.50. The molecule has 112 valence electrons. The predicted octanol–water partition coefficient (Wildman–Crippen LogP) is 3.63. The molecule has 1 unspecified atom stereocenters. The van der Waals surface area contributed by atoms with Gasteiger partial charge in [-0.1, -0.05) is 13.8 Å². The van der Waals surface area contributed by atoms with Gasteiger partial charge in [-0.2, -0.15) is 0 Å². The van der Waals surface area contributed by atoms with E-state index in [9.17, 15) is 0 Å². The maximum atomic E-state index is 4.69. The Morgan fingerprint density at radius 3 is 2.35 bits per heavy atom. The van der Waals surface area contributed by atoms with E-state index in [1.54, 1.807) is 0 Å². The van der Waals surface area contributed by atoms with Crippen LogP contribution in [0.15, 0.2) is 0 Å². The number of nitrogens with zero attached hydrogens (tertiary/aromatic N) is 2. The number of anilines is 2. The summed E-state index contributed by atoms with van der Waals surface area (Å²) in [7, 11) is 0. The van der Waals surface area contributed by atoms with Crippen LogP contribution < -0.4 is 10.6 Å². The van der Waals surface area contributed by atoms with Crippen LogP contribution in [0, 0.1) is 18.8 Å². The third kappa shape index (κ3) is 3.84. The minimum Gasteiger partial charge on any atom is -0.370 e. The summed E-state index contributed by atoms with van der Waals surface area (Å²) in [6, 6.07) is 0. The van der Waals surface area contributed by atoms with Gasteiger partial charge in [-0.3, -0.25) is 0 Å². The lowest BCUT2D eigenvalue weighted by Crippen LogP contribution is -2.16. The van der Waals surface area contributed by atoms with E-state index in [-0.39, 0.29) is 0 Å². The molecule has 20 heavy (non-hydrogen) atoms. The largest absolute Gasteiger partial charge is 0.370 e. The molecule has 1 heterocycles. The van der Waals surface area contributed by atoms with Crippen molar-refractivity contribution in [3.05, 3.63) is 11.4 Å². The maximum absolute atomic E-state index is 4.69. The third-order valence-electron chi connectivity index (χ3n) is 4.03.